The van der Waals surface area contributed by atoms with Gasteiger partial charge in [-0.1, -0.05) is 32.6 Å². The van der Waals surface area contributed by atoms with Gasteiger partial charge >= 0.3 is 14.8 Å². The Morgan fingerprint density at radius 1 is 0.783 bits per heavy atom. The van der Waals surface area contributed by atoms with E-state index in [4.69, 9.17) is 18.0 Å². The third-order valence-electron chi connectivity index (χ3n) is 3.47. The van der Waals surface area contributed by atoms with Gasteiger partial charge in [0.05, 0.1) is 6.61 Å². The zero-order chi connectivity index (χ0) is 17.4. The van der Waals surface area contributed by atoms with Gasteiger partial charge in [-0.25, -0.2) is 0 Å². The molecule has 0 bridgehead atoms. The van der Waals surface area contributed by atoms with Gasteiger partial charge in [-0.2, -0.15) is 0 Å². The van der Waals surface area contributed by atoms with Crippen LogP contribution in [0.2, 0.25) is 6.04 Å². The molecule has 138 valence electrons. The van der Waals surface area contributed by atoms with Crippen LogP contribution in [0.5, 0.6) is 0 Å². The Morgan fingerprint density at radius 3 is 1.87 bits per heavy atom. The van der Waals surface area contributed by atoms with Gasteiger partial charge in [0, 0.05) is 32.3 Å². The zero-order valence-electron chi connectivity index (χ0n) is 15.5. The molecule has 0 amide bonds. The summed E-state index contributed by atoms with van der Waals surface area (Å²) in [7, 11) is -2.60. The standard InChI is InChI=1S/C17H36O5Si/c1-5-9-10-11-12-14-17(18)19-15-13-16-23(20-6-2,21-7-3)22-8-4/h5-16H2,1-4H3. The maximum absolute atomic E-state index is 11.7. The summed E-state index contributed by atoms with van der Waals surface area (Å²) in [6.45, 7) is 10.1. The molecule has 0 aliphatic carbocycles. The summed E-state index contributed by atoms with van der Waals surface area (Å²) in [4.78, 5) is 11.7. The number of rotatable bonds is 16. The lowest BCUT2D eigenvalue weighted by atomic mass is 10.1. The molecule has 0 N–H and O–H groups in total. The van der Waals surface area contributed by atoms with Crippen LogP contribution in [-0.4, -0.2) is 41.2 Å². The highest BCUT2D eigenvalue weighted by Crippen LogP contribution is 2.18. The maximum atomic E-state index is 11.7. The minimum atomic E-state index is -2.60. The summed E-state index contributed by atoms with van der Waals surface area (Å²) in [6, 6.07) is 0.687. The lowest BCUT2D eigenvalue weighted by molar-refractivity contribution is -0.143. The van der Waals surface area contributed by atoms with Gasteiger partial charge in [0.15, 0.2) is 0 Å². The highest BCUT2D eigenvalue weighted by atomic mass is 28.4. The van der Waals surface area contributed by atoms with Crippen molar-refractivity contribution in [3.63, 3.8) is 0 Å². The van der Waals surface area contributed by atoms with E-state index in [-0.39, 0.29) is 5.97 Å². The molecule has 0 aliphatic rings. The molecule has 0 atom stereocenters. The summed E-state index contributed by atoms with van der Waals surface area (Å²) < 4.78 is 22.6. The number of unbranched alkanes of at least 4 members (excludes halogenated alkanes) is 4. The van der Waals surface area contributed by atoms with Crippen LogP contribution in [0.3, 0.4) is 0 Å². The highest BCUT2D eigenvalue weighted by molar-refractivity contribution is 6.60. The third-order valence-corrected chi connectivity index (χ3v) is 6.62. The minimum Gasteiger partial charge on any atom is -0.466 e. The Hall–Kier alpha value is -0.433. The van der Waals surface area contributed by atoms with E-state index in [1.54, 1.807) is 0 Å². The van der Waals surface area contributed by atoms with Crippen molar-refractivity contribution in [2.45, 2.75) is 78.7 Å². The predicted molar refractivity (Wildman–Crippen MR) is 94.4 cm³/mol. The molecule has 0 unspecified atom stereocenters. The fourth-order valence-corrected chi connectivity index (χ4v) is 5.00. The third kappa shape index (κ3) is 11.7. The molecule has 0 saturated carbocycles. The Bertz CT molecular complexity index is 269. The molecule has 0 aromatic carbocycles. The van der Waals surface area contributed by atoms with Gasteiger partial charge in [0.2, 0.25) is 0 Å². The second kappa shape index (κ2) is 15.1. The Labute approximate surface area is 143 Å². The van der Waals surface area contributed by atoms with Crippen LogP contribution in [-0.2, 0) is 22.8 Å². The summed E-state index contributed by atoms with van der Waals surface area (Å²) in [5, 5.41) is 0. The van der Waals surface area contributed by atoms with Gasteiger partial charge in [0.25, 0.3) is 0 Å². The predicted octanol–water partition coefficient (Wildman–Crippen LogP) is 4.33. The van der Waals surface area contributed by atoms with Crippen molar-refractivity contribution in [2.24, 2.45) is 0 Å². The van der Waals surface area contributed by atoms with Crippen LogP contribution in [0.4, 0.5) is 0 Å². The molecule has 5 nitrogen and oxygen atoms in total. The van der Waals surface area contributed by atoms with E-state index in [0.717, 1.165) is 12.8 Å². The van der Waals surface area contributed by atoms with Gasteiger partial charge in [-0.15, -0.1) is 0 Å². The number of hydrogen-bond donors (Lipinski definition) is 0. The number of hydrogen-bond acceptors (Lipinski definition) is 5. The first-order valence-corrected chi connectivity index (χ1v) is 11.1. The van der Waals surface area contributed by atoms with Crippen molar-refractivity contribution in [3.05, 3.63) is 0 Å². The molecule has 0 radical (unpaired) electrons. The molecular weight excluding hydrogens is 312 g/mol. The molecular formula is C17H36O5Si. The molecule has 0 fully saturated rings. The molecule has 0 aromatic rings. The number of carbonyl (C=O) groups is 1. The normalized spacial score (nSPS) is 11.7. The average molecular weight is 349 g/mol. The first-order chi connectivity index (χ1) is 11.1. The van der Waals surface area contributed by atoms with Gasteiger partial charge < -0.3 is 18.0 Å². The molecule has 0 aromatic heterocycles. The summed E-state index contributed by atoms with van der Waals surface area (Å²) in [5.41, 5.74) is 0. The van der Waals surface area contributed by atoms with Gasteiger partial charge in [0.1, 0.15) is 0 Å². The van der Waals surface area contributed by atoms with E-state index in [1.165, 1.54) is 19.3 Å². The average Bonchev–Trinajstić information content (AvgIpc) is 2.52. The first kappa shape index (κ1) is 22.6. The number of carbonyl (C=O) groups excluding carboxylic acids is 1. The Balaban J connectivity index is 3.93. The SMILES string of the molecule is CCCCCCCC(=O)OCCC[Si](OCC)(OCC)OCC. The van der Waals surface area contributed by atoms with Crippen LogP contribution in [0.1, 0.15) is 72.6 Å². The molecule has 0 aliphatic heterocycles. The van der Waals surface area contributed by atoms with E-state index in [9.17, 15) is 4.79 Å². The van der Waals surface area contributed by atoms with Crippen LogP contribution < -0.4 is 0 Å². The van der Waals surface area contributed by atoms with E-state index < -0.39 is 8.80 Å². The lowest BCUT2D eigenvalue weighted by Gasteiger charge is -2.28. The van der Waals surface area contributed by atoms with E-state index >= 15 is 0 Å². The monoisotopic (exact) mass is 348 g/mol. The van der Waals surface area contributed by atoms with Crippen LogP contribution in [0.15, 0.2) is 0 Å². The molecule has 6 heteroatoms. The van der Waals surface area contributed by atoms with Crippen molar-refractivity contribution >= 4 is 14.8 Å². The molecule has 0 saturated heterocycles. The summed E-state index contributed by atoms with van der Waals surface area (Å²) in [6.07, 6.45) is 6.94. The zero-order valence-corrected chi connectivity index (χ0v) is 16.5. The molecule has 0 spiro atoms. The van der Waals surface area contributed by atoms with Gasteiger partial charge in [-0.3, -0.25) is 4.79 Å². The smallest absolute Gasteiger partial charge is 0.466 e. The first-order valence-electron chi connectivity index (χ1n) is 9.21. The van der Waals surface area contributed by atoms with Crippen LogP contribution in [0, 0.1) is 0 Å². The number of ether oxygens (including phenoxy) is 1. The summed E-state index contributed by atoms with van der Waals surface area (Å²) in [5.74, 6) is -0.0991. The largest absolute Gasteiger partial charge is 0.501 e. The van der Waals surface area contributed by atoms with Crippen LogP contribution >= 0.6 is 0 Å². The lowest BCUT2D eigenvalue weighted by Crippen LogP contribution is -2.46. The maximum Gasteiger partial charge on any atom is 0.501 e. The van der Waals surface area contributed by atoms with Gasteiger partial charge in [-0.05, 0) is 33.6 Å². The van der Waals surface area contributed by atoms with Crippen molar-refractivity contribution in [1.82, 2.24) is 0 Å². The van der Waals surface area contributed by atoms with E-state index in [2.05, 4.69) is 6.92 Å². The van der Waals surface area contributed by atoms with E-state index in [0.29, 0.717) is 45.3 Å². The summed E-state index contributed by atoms with van der Waals surface area (Å²) >= 11 is 0. The second-order valence-corrected chi connectivity index (χ2v) is 8.20. The van der Waals surface area contributed by atoms with Crippen molar-refractivity contribution in [1.29, 1.82) is 0 Å². The molecule has 23 heavy (non-hydrogen) atoms. The van der Waals surface area contributed by atoms with E-state index in [1.807, 2.05) is 20.8 Å². The minimum absolute atomic E-state index is 0.0991. The fourth-order valence-electron chi connectivity index (χ4n) is 2.42. The highest BCUT2D eigenvalue weighted by Gasteiger charge is 2.39. The van der Waals surface area contributed by atoms with Crippen molar-refractivity contribution < 1.29 is 22.8 Å². The molecule has 0 heterocycles. The van der Waals surface area contributed by atoms with Crippen LogP contribution in [0.25, 0.3) is 0 Å². The topological polar surface area (TPSA) is 54.0 Å². The Kier molecular flexibility index (Phi) is 14.8. The van der Waals surface area contributed by atoms with Crippen molar-refractivity contribution in [2.75, 3.05) is 26.4 Å². The number of esters is 1. The quantitative estimate of drug-likeness (QED) is 0.236. The fraction of sp³-hybridized carbons (Fsp3) is 0.941. The molecule has 0 rings (SSSR count). The second-order valence-electron chi connectivity index (χ2n) is 5.47. The Morgan fingerprint density at radius 2 is 1.35 bits per heavy atom. The van der Waals surface area contributed by atoms with Crippen molar-refractivity contribution in [3.8, 4) is 0 Å².